The summed E-state index contributed by atoms with van der Waals surface area (Å²) in [7, 11) is 0. The van der Waals surface area contributed by atoms with Crippen LogP contribution in [0.2, 0.25) is 10.0 Å². The van der Waals surface area contributed by atoms with E-state index in [-0.39, 0.29) is 10.7 Å². The number of nitrogens with one attached hydrogen (secondary N) is 1. The quantitative estimate of drug-likeness (QED) is 0.460. The Hall–Kier alpha value is -2.70. The average molecular weight is 426 g/mol. The molecule has 28 heavy (non-hydrogen) atoms. The maximum atomic E-state index is 12.8. The van der Waals surface area contributed by atoms with Gasteiger partial charge in [-0.3, -0.25) is 4.79 Å². The summed E-state index contributed by atoms with van der Waals surface area (Å²) in [6.45, 7) is 0. The van der Waals surface area contributed by atoms with Crippen molar-refractivity contribution in [2.75, 3.05) is 5.32 Å². The van der Waals surface area contributed by atoms with Gasteiger partial charge in [0.2, 0.25) is 5.91 Å². The SMILES string of the molecule is O=C(C=Cc1ccc(-c2ccc(Cl)cc2)o1)Nc1cc(C(F)(F)F)ccc1Cl. The Bertz CT molecular complexity index is 1020. The van der Waals surface area contributed by atoms with Gasteiger partial charge < -0.3 is 9.73 Å². The van der Waals surface area contributed by atoms with E-state index in [1.54, 1.807) is 36.4 Å². The van der Waals surface area contributed by atoms with Crippen LogP contribution in [0.3, 0.4) is 0 Å². The molecule has 1 amide bonds. The first-order valence-electron chi connectivity index (χ1n) is 7.94. The molecule has 0 saturated heterocycles. The molecule has 0 aliphatic carbocycles. The third-order valence-corrected chi connectivity index (χ3v) is 4.29. The van der Waals surface area contributed by atoms with Crippen LogP contribution in [0.15, 0.2) is 65.1 Å². The molecule has 0 aliphatic heterocycles. The van der Waals surface area contributed by atoms with Crippen molar-refractivity contribution in [2.24, 2.45) is 0 Å². The first kappa shape index (κ1) is 20.0. The lowest BCUT2D eigenvalue weighted by atomic mass is 10.2. The van der Waals surface area contributed by atoms with Crippen molar-refractivity contribution < 1.29 is 22.4 Å². The van der Waals surface area contributed by atoms with Crippen LogP contribution in [0.4, 0.5) is 18.9 Å². The first-order valence-corrected chi connectivity index (χ1v) is 8.69. The first-order chi connectivity index (χ1) is 13.2. The molecular weight excluding hydrogens is 414 g/mol. The number of halogens is 5. The summed E-state index contributed by atoms with van der Waals surface area (Å²) in [5.74, 6) is 0.332. The number of furan rings is 1. The second kappa shape index (κ2) is 8.12. The maximum absolute atomic E-state index is 12.8. The number of carbonyl (C=O) groups excluding carboxylic acids is 1. The largest absolute Gasteiger partial charge is 0.457 e. The topological polar surface area (TPSA) is 42.2 Å². The highest BCUT2D eigenvalue weighted by molar-refractivity contribution is 6.33. The van der Waals surface area contributed by atoms with E-state index in [1.165, 1.54) is 6.08 Å². The smallest absolute Gasteiger partial charge is 0.416 e. The van der Waals surface area contributed by atoms with Crippen molar-refractivity contribution >= 4 is 40.9 Å². The molecule has 3 aromatic rings. The fourth-order valence-electron chi connectivity index (χ4n) is 2.34. The summed E-state index contributed by atoms with van der Waals surface area (Å²) >= 11 is 11.7. The van der Waals surface area contributed by atoms with Crippen molar-refractivity contribution in [2.45, 2.75) is 6.18 Å². The Morgan fingerprint density at radius 3 is 2.39 bits per heavy atom. The van der Waals surface area contributed by atoms with Crippen LogP contribution in [-0.2, 0) is 11.0 Å². The molecule has 1 heterocycles. The van der Waals surface area contributed by atoms with Crippen molar-refractivity contribution in [3.05, 3.63) is 82.0 Å². The third kappa shape index (κ3) is 4.97. The average Bonchev–Trinajstić information content (AvgIpc) is 3.10. The van der Waals surface area contributed by atoms with Crippen LogP contribution in [0.5, 0.6) is 0 Å². The second-order valence-corrected chi connectivity index (χ2v) is 6.57. The molecule has 0 fully saturated rings. The number of carbonyl (C=O) groups is 1. The van der Waals surface area contributed by atoms with E-state index in [1.807, 2.05) is 0 Å². The number of benzene rings is 2. The van der Waals surface area contributed by atoms with Crippen LogP contribution >= 0.6 is 23.2 Å². The number of anilines is 1. The molecule has 0 spiro atoms. The van der Waals surface area contributed by atoms with Gasteiger partial charge in [0, 0.05) is 16.7 Å². The molecular formula is C20H12Cl2F3NO2. The molecule has 0 radical (unpaired) electrons. The third-order valence-electron chi connectivity index (χ3n) is 3.71. The van der Waals surface area contributed by atoms with Gasteiger partial charge >= 0.3 is 6.18 Å². The number of amides is 1. The summed E-state index contributed by atoms with van der Waals surface area (Å²) in [5.41, 5.74) is -0.230. The Balaban J connectivity index is 1.70. The summed E-state index contributed by atoms with van der Waals surface area (Å²) in [6, 6.07) is 13.1. The van der Waals surface area contributed by atoms with Gasteiger partial charge in [0.1, 0.15) is 11.5 Å². The molecule has 0 atom stereocenters. The molecule has 0 unspecified atom stereocenters. The van der Waals surface area contributed by atoms with Gasteiger partial charge in [0.25, 0.3) is 0 Å². The van der Waals surface area contributed by atoms with E-state index in [0.717, 1.165) is 29.8 Å². The van der Waals surface area contributed by atoms with Gasteiger partial charge in [-0.2, -0.15) is 13.2 Å². The van der Waals surface area contributed by atoms with Crippen LogP contribution in [0.25, 0.3) is 17.4 Å². The minimum atomic E-state index is -4.54. The fraction of sp³-hybridized carbons (Fsp3) is 0.0500. The summed E-state index contributed by atoms with van der Waals surface area (Å²) in [6.07, 6.45) is -2.00. The lowest BCUT2D eigenvalue weighted by Gasteiger charge is -2.10. The van der Waals surface area contributed by atoms with E-state index < -0.39 is 17.6 Å². The zero-order chi connectivity index (χ0) is 20.3. The van der Waals surface area contributed by atoms with Gasteiger partial charge in [0.15, 0.2) is 0 Å². The Morgan fingerprint density at radius 2 is 1.71 bits per heavy atom. The van der Waals surface area contributed by atoms with Crippen LogP contribution < -0.4 is 5.32 Å². The Morgan fingerprint density at radius 1 is 1.00 bits per heavy atom. The molecule has 0 saturated carbocycles. The minimum Gasteiger partial charge on any atom is -0.457 e. The lowest BCUT2D eigenvalue weighted by Crippen LogP contribution is -2.10. The maximum Gasteiger partial charge on any atom is 0.416 e. The molecule has 0 bridgehead atoms. The normalized spacial score (nSPS) is 11.8. The zero-order valence-electron chi connectivity index (χ0n) is 14.1. The summed E-state index contributed by atoms with van der Waals surface area (Å²) in [5, 5.41) is 2.92. The van der Waals surface area contributed by atoms with Gasteiger partial charge in [-0.1, -0.05) is 23.2 Å². The molecule has 0 aliphatic rings. The van der Waals surface area contributed by atoms with E-state index in [2.05, 4.69) is 5.32 Å². The van der Waals surface area contributed by atoms with Crippen molar-refractivity contribution in [3.63, 3.8) is 0 Å². The Kier molecular flexibility index (Phi) is 5.82. The van der Waals surface area contributed by atoms with Crippen molar-refractivity contribution in [1.29, 1.82) is 0 Å². The summed E-state index contributed by atoms with van der Waals surface area (Å²) < 4.78 is 44.0. The standard InChI is InChI=1S/C20H12Cl2F3NO2/c21-14-4-1-12(2-5-14)18-9-6-15(28-18)7-10-19(27)26-17-11-13(20(23,24)25)3-8-16(17)22/h1-11H,(H,26,27). The molecule has 3 nitrogen and oxygen atoms in total. The van der Waals surface area contributed by atoms with Crippen molar-refractivity contribution in [3.8, 4) is 11.3 Å². The number of hydrogen-bond donors (Lipinski definition) is 1. The van der Waals surface area contributed by atoms with Gasteiger partial charge in [-0.05, 0) is 60.7 Å². The predicted octanol–water partition coefficient (Wildman–Crippen LogP) is 6.92. The monoisotopic (exact) mass is 425 g/mol. The van der Waals surface area contributed by atoms with Gasteiger partial charge in [-0.15, -0.1) is 0 Å². The predicted molar refractivity (Wildman–Crippen MR) is 103 cm³/mol. The van der Waals surface area contributed by atoms with Crippen LogP contribution in [0.1, 0.15) is 11.3 Å². The van der Waals surface area contributed by atoms with E-state index in [0.29, 0.717) is 16.5 Å². The molecule has 8 heteroatoms. The molecule has 144 valence electrons. The fourth-order valence-corrected chi connectivity index (χ4v) is 2.63. The van der Waals surface area contributed by atoms with Gasteiger partial charge in [0.05, 0.1) is 16.3 Å². The molecule has 3 rings (SSSR count). The highest BCUT2D eigenvalue weighted by Gasteiger charge is 2.31. The van der Waals surface area contributed by atoms with E-state index in [4.69, 9.17) is 27.6 Å². The lowest BCUT2D eigenvalue weighted by molar-refractivity contribution is -0.137. The second-order valence-electron chi connectivity index (χ2n) is 5.72. The molecule has 2 aromatic carbocycles. The minimum absolute atomic E-state index is 0.00206. The number of alkyl halides is 3. The number of rotatable bonds is 4. The Labute approximate surface area is 168 Å². The van der Waals surface area contributed by atoms with Crippen LogP contribution in [-0.4, -0.2) is 5.91 Å². The summed E-state index contributed by atoms with van der Waals surface area (Å²) in [4.78, 5) is 12.0. The van der Waals surface area contributed by atoms with Crippen LogP contribution in [0, 0.1) is 0 Å². The highest BCUT2D eigenvalue weighted by Crippen LogP contribution is 2.33. The molecule has 1 N–H and O–H groups in total. The highest BCUT2D eigenvalue weighted by atomic mass is 35.5. The van der Waals surface area contributed by atoms with Gasteiger partial charge in [-0.25, -0.2) is 0 Å². The molecule has 1 aromatic heterocycles. The number of hydrogen-bond acceptors (Lipinski definition) is 2. The van der Waals surface area contributed by atoms with E-state index in [9.17, 15) is 18.0 Å². The van der Waals surface area contributed by atoms with E-state index >= 15 is 0 Å². The zero-order valence-corrected chi connectivity index (χ0v) is 15.6. The van der Waals surface area contributed by atoms with Crippen molar-refractivity contribution in [1.82, 2.24) is 0 Å².